The van der Waals surface area contributed by atoms with Crippen molar-refractivity contribution < 1.29 is 9.90 Å². The van der Waals surface area contributed by atoms with Crippen molar-refractivity contribution in [3.8, 4) is 0 Å². The molecular weight excluding hydrogens is 190 g/mol. The fourth-order valence-corrected chi connectivity index (χ4v) is 1.94. The molecule has 86 valence electrons. The molecule has 1 N–H and O–H groups in total. The van der Waals surface area contributed by atoms with Gasteiger partial charge in [-0.2, -0.15) is 0 Å². The van der Waals surface area contributed by atoms with Crippen LogP contribution < -0.4 is 0 Å². The van der Waals surface area contributed by atoms with Crippen molar-refractivity contribution in [1.82, 2.24) is 4.90 Å². The summed E-state index contributed by atoms with van der Waals surface area (Å²) in [6, 6.07) is 0. The highest BCUT2D eigenvalue weighted by atomic mass is 16.3. The van der Waals surface area contributed by atoms with Crippen LogP contribution >= 0.6 is 0 Å². The van der Waals surface area contributed by atoms with Crippen LogP contribution in [0.5, 0.6) is 0 Å². The summed E-state index contributed by atoms with van der Waals surface area (Å²) in [5.74, 6) is 1.12. The van der Waals surface area contributed by atoms with Crippen molar-refractivity contribution in [3.05, 3.63) is 12.3 Å². The Hall–Kier alpha value is -0.990. The molecule has 0 aromatic heterocycles. The highest BCUT2D eigenvalue weighted by Gasteiger charge is 2.24. The molecule has 1 saturated heterocycles. The van der Waals surface area contributed by atoms with E-state index in [2.05, 4.69) is 20.4 Å². The second-order valence-electron chi connectivity index (χ2n) is 4.74. The third-order valence-corrected chi connectivity index (χ3v) is 2.90. The minimum absolute atomic E-state index is 0.188. The van der Waals surface area contributed by atoms with Crippen LogP contribution in [0.15, 0.2) is 12.3 Å². The molecule has 3 nitrogen and oxygen atoms in total. The van der Waals surface area contributed by atoms with Gasteiger partial charge in [0, 0.05) is 25.4 Å². The Balaban J connectivity index is 2.37. The molecule has 0 saturated carbocycles. The van der Waals surface area contributed by atoms with Gasteiger partial charge >= 0.3 is 0 Å². The SMILES string of the molecule is C=C(O)C1CCN(C(=O)CC(C)C)CC1. The van der Waals surface area contributed by atoms with Crippen LogP contribution in [-0.4, -0.2) is 29.0 Å². The lowest BCUT2D eigenvalue weighted by molar-refractivity contribution is -0.133. The summed E-state index contributed by atoms with van der Waals surface area (Å²) in [4.78, 5) is 13.6. The van der Waals surface area contributed by atoms with Gasteiger partial charge in [-0.05, 0) is 18.8 Å². The Bertz CT molecular complexity index is 240. The lowest BCUT2D eigenvalue weighted by Gasteiger charge is -2.31. The number of amides is 1. The van der Waals surface area contributed by atoms with Gasteiger partial charge < -0.3 is 10.0 Å². The Labute approximate surface area is 91.8 Å². The number of likely N-dealkylation sites (tertiary alicyclic amines) is 1. The summed E-state index contributed by atoms with van der Waals surface area (Å²) in [6.45, 7) is 9.18. The van der Waals surface area contributed by atoms with Gasteiger partial charge in [0.25, 0.3) is 0 Å². The molecule has 0 aromatic rings. The largest absolute Gasteiger partial charge is 0.513 e. The molecule has 1 fully saturated rings. The summed E-state index contributed by atoms with van der Waals surface area (Å²) in [7, 11) is 0. The van der Waals surface area contributed by atoms with Crippen molar-refractivity contribution in [1.29, 1.82) is 0 Å². The molecule has 0 bridgehead atoms. The number of carbonyl (C=O) groups excluding carboxylic acids is 1. The lowest BCUT2D eigenvalue weighted by Crippen LogP contribution is -2.39. The van der Waals surface area contributed by atoms with Gasteiger partial charge in [-0.15, -0.1) is 0 Å². The maximum absolute atomic E-state index is 11.7. The van der Waals surface area contributed by atoms with E-state index in [1.165, 1.54) is 0 Å². The molecule has 15 heavy (non-hydrogen) atoms. The van der Waals surface area contributed by atoms with Gasteiger partial charge in [-0.1, -0.05) is 20.4 Å². The van der Waals surface area contributed by atoms with Crippen molar-refractivity contribution in [2.45, 2.75) is 33.1 Å². The number of aliphatic hydroxyl groups is 1. The average Bonchev–Trinajstić information content (AvgIpc) is 2.17. The maximum Gasteiger partial charge on any atom is 0.222 e. The smallest absolute Gasteiger partial charge is 0.222 e. The minimum atomic E-state index is 0.188. The van der Waals surface area contributed by atoms with E-state index in [0.717, 1.165) is 25.9 Å². The number of aliphatic hydroxyl groups excluding tert-OH is 1. The number of hydrogen-bond donors (Lipinski definition) is 1. The van der Waals surface area contributed by atoms with Gasteiger partial charge in [0.15, 0.2) is 0 Å². The summed E-state index contributed by atoms with van der Waals surface area (Å²) >= 11 is 0. The molecule has 1 aliphatic rings. The Morgan fingerprint density at radius 2 is 2.00 bits per heavy atom. The first-order valence-electron chi connectivity index (χ1n) is 5.66. The summed E-state index contributed by atoms with van der Waals surface area (Å²) in [5.41, 5.74) is 0. The molecule has 1 aliphatic heterocycles. The Morgan fingerprint density at radius 1 is 1.47 bits per heavy atom. The number of piperidine rings is 1. The molecule has 1 amide bonds. The van der Waals surface area contributed by atoms with E-state index in [1.807, 2.05) is 4.90 Å². The second kappa shape index (κ2) is 5.19. The highest BCUT2D eigenvalue weighted by molar-refractivity contribution is 5.76. The van der Waals surface area contributed by atoms with E-state index in [4.69, 9.17) is 0 Å². The molecule has 0 aromatic carbocycles. The molecule has 0 atom stereocenters. The molecule has 0 spiro atoms. The molecule has 1 heterocycles. The number of rotatable bonds is 3. The van der Waals surface area contributed by atoms with E-state index in [0.29, 0.717) is 12.3 Å². The van der Waals surface area contributed by atoms with Crippen molar-refractivity contribution in [2.24, 2.45) is 11.8 Å². The molecule has 0 aliphatic carbocycles. The molecule has 0 unspecified atom stereocenters. The van der Waals surface area contributed by atoms with E-state index in [9.17, 15) is 9.90 Å². The van der Waals surface area contributed by atoms with Crippen molar-refractivity contribution >= 4 is 5.91 Å². The maximum atomic E-state index is 11.7. The van der Waals surface area contributed by atoms with Crippen LogP contribution in [0.4, 0.5) is 0 Å². The van der Waals surface area contributed by atoms with Crippen LogP contribution in [0, 0.1) is 11.8 Å². The zero-order valence-corrected chi connectivity index (χ0v) is 9.70. The third-order valence-electron chi connectivity index (χ3n) is 2.90. The number of carbonyl (C=O) groups is 1. The Kier molecular flexibility index (Phi) is 4.18. The van der Waals surface area contributed by atoms with E-state index >= 15 is 0 Å². The average molecular weight is 211 g/mol. The van der Waals surface area contributed by atoms with Crippen LogP contribution in [0.1, 0.15) is 33.1 Å². The third kappa shape index (κ3) is 3.57. The first kappa shape index (κ1) is 12.1. The van der Waals surface area contributed by atoms with Crippen LogP contribution in [-0.2, 0) is 4.79 Å². The van der Waals surface area contributed by atoms with Gasteiger partial charge in [0.1, 0.15) is 0 Å². The van der Waals surface area contributed by atoms with Crippen molar-refractivity contribution in [2.75, 3.05) is 13.1 Å². The summed E-state index contributed by atoms with van der Waals surface area (Å²) in [5, 5.41) is 9.25. The standard InChI is InChI=1S/C12H21NO2/c1-9(2)8-12(15)13-6-4-11(5-7-13)10(3)14/h9,11,14H,3-8H2,1-2H3. The normalized spacial score (nSPS) is 18.2. The van der Waals surface area contributed by atoms with E-state index in [-0.39, 0.29) is 17.6 Å². The van der Waals surface area contributed by atoms with Crippen LogP contribution in [0.3, 0.4) is 0 Å². The highest BCUT2D eigenvalue weighted by Crippen LogP contribution is 2.22. The van der Waals surface area contributed by atoms with Gasteiger partial charge in [0.05, 0.1) is 5.76 Å². The second-order valence-corrected chi connectivity index (χ2v) is 4.74. The minimum Gasteiger partial charge on any atom is -0.513 e. The molecular formula is C12H21NO2. The van der Waals surface area contributed by atoms with E-state index in [1.54, 1.807) is 0 Å². The van der Waals surface area contributed by atoms with Crippen LogP contribution in [0.25, 0.3) is 0 Å². The van der Waals surface area contributed by atoms with Crippen molar-refractivity contribution in [3.63, 3.8) is 0 Å². The number of allylic oxidation sites excluding steroid dienone is 1. The Morgan fingerprint density at radius 3 is 2.40 bits per heavy atom. The summed E-state index contributed by atoms with van der Waals surface area (Å²) in [6.07, 6.45) is 2.32. The predicted octanol–water partition coefficient (Wildman–Crippen LogP) is 2.34. The van der Waals surface area contributed by atoms with E-state index < -0.39 is 0 Å². The first-order chi connectivity index (χ1) is 7.00. The fraction of sp³-hybridized carbons (Fsp3) is 0.750. The van der Waals surface area contributed by atoms with Gasteiger partial charge in [0.2, 0.25) is 5.91 Å². The molecule has 1 rings (SSSR count). The quantitative estimate of drug-likeness (QED) is 0.728. The lowest BCUT2D eigenvalue weighted by atomic mass is 9.95. The number of nitrogens with zero attached hydrogens (tertiary/aromatic N) is 1. The molecule has 3 heteroatoms. The zero-order chi connectivity index (χ0) is 11.4. The first-order valence-corrected chi connectivity index (χ1v) is 5.66. The van der Waals surface area contributed by atoms with Gasteiger partial charge in [-0.3, -0.25) is 4.79 Å². The number of hydrogen-bond acceptors (Lipinski definition) is 2. The molecule has 0 radical (unpaired) electrons. The predicted molar refractivity (Wildman–Crippen MR) is 60.5 cm³/mol. The topological polar surface area (TPSA) is 40.5 Å². The summed E-state index contributed by atoms with van der Waals surface area (Å²) < 4.78 is 0. The monoisotopic (exact) mass is 211 g/mol. The van der Waals surface area contributed by atoms with Crippen LogP contribution in [0.2, 0.25) is 0 Å². The fourth-order valence-electron chi connectivity index (χ4n) is 1.94. The zero-order valence-electron chi connectivity index (χ0n) is 9.70. The van der Waals surface area contributed by atoms with Gasteiger partial charge in [-0.25, -0.2) is 0 Å².